The van der Waals surface area contributed by atoms with Crippen LogP contribution in [0.3, 0.4) is 0 Å². The van der Waals surface area contributed by atoms with Gasteiger partial charge in [0.15, 0.2) is 0 Å². The molecule has 0 aliphatic heterocycles. The highest BCUT2D eigenvalue weighted by atomic mass is 15.0. The molecule has 1 N–H and O–H groups in total. The normalized spacial score (nSPS) is 16.5. The number of aryl methyl sites for hydroxylation is 1. The first-order chi connectivity index (χ1) is 8.29. The van der Waals surface area contributed by atoms with Crippen LogP contribution in [0.5, 0.6) is 0 Å². The molecule has 1 fully saturated rings. The first-order valence-electron chi connectivity index (χ1n) is 6.27. The highest BCUT2D eigenvalue weighted by Crippen LogP contribution is 2.24. The average molecular weight is 230 g/mol. The second-order valence-electron chi connectivity index (χ2n) is 4.68. The van der Waals surface area contributed by atoms with Crippen LogP contribution in [0, 0.1) is 24.2 Å². The van der Waals surface area contributed by atoms with Crippen LogP contribution in [-0.4, -0.2) is 16.5 Å². The summed E-state index contributed by atoms with van der Waals surface area (Å²) < 4.78 is 0. The number of hydrogen-bond donors (Lipinski definition) is 1. The Kier molecular flexibility index (Phi) is 3.92. The van der Waals surface area contributed by atoms with Crippen molar-refractivity contribution in [1.82, 2.24) is 9.97 Å². The molecule has 1 aliphatic rings. The van der Waals surface area contributed by atoms with Crippen molar-refractivity contribution in [2.75, 3.05) is 11.9 Å². The van der Waals surface area contributed by atoms with Gasteiger partial charge in [-0.05, 0) is 25.7 Å². The molecule has 0 saturated heterocycles. The first kappa shape index (κ1) is 11.8. The van der Waals surface area contributed by atoms with Crippen LogP contribution in [-0.2, 0) is 0 Å². The van der Waals surface area contributed by atoms with Gasteiger partial charge in [-0.25, -0.2) is 9.97 Å². The van der Waals surface area contributed by atoms with E-state index in [1.807, 2.05) is 6.92 Å². The van der Waals surface area contributed by atoms with Crippen LogP contribution in [0.15, 0.2) is 6.20 Å². The van der Waals surface area contributed by atoms with E-state index in [1.54, 1.807) is 6.20 Å². The zero-order chi connectivity index (χ0) is 12.1. The van der Waals surface area contributed by atoms with Gasteiger partial charge in [0.05, 0.1) is 6.20 Å². The number of hydrogen-bond acceptors (Lipinski definition) is 4. The molecule has 90 valence electrons. The molecule has 4 heteroatoms. The number of nitrogens with one attached hydrogen (secondary N) is 1. The highest BCUT2D eigenvalue weighted by Gasteiger charge is 2.14. The topological polar surface area (TPSA) is 61.6 Å². The molecule has 4 nitrogen and oxygen atoms in total. The summed E-state index contributed by atoms with van der Waals surface area (Å²) >= 11 is 0. The number of nitriles is 1. The van der Waals surface area contributed by atoms with Crippen molar-refractivity contribution in [2.24, 2.45) is 5.92 Å². The number of nitrogens with zero attached hydrogens (tertiary/aromatic N) is 3. The molecule has 0 atom stereocenters. The molecule has 0 spiro atoms. The molecular formula is C13H18N4. The third kappa shape index (κ3) is 3.16. The van der Waals surface area contributed by atoms with Gasteiger partial charge in [-0.2, -0.15) is 5.26 Å². The summed E-state index contributed by atoms with van der Waals surface area (Å²) in [6.45, 7) is 2.76. The molecule has 2 rings (SSSR count). The van der Waals surface area contributed by atoms with Crippen LogP contribution in [0.1, 0.15) is 43.5 Å². The second kappa shape index (κ2) is 5.62. The van der Waals surface area contributed by atoms with Crippen LogP contribution < -0.4 is 5.32 Å². The minimum atomic E-state index is 0.534. The molecule has 1 heterocycles. The number of rotatable bonds is 3. The Balaban J connectivity index is 1.98. The molecular weight excluding hydrogens is 212 g/mol. The zero-order valence-corrected chi connectivity index (χ0v) is 10.2. The largest absolute Gasteiger partial charge is 0.369 e. The van der Waals surface area contributed by atoms with Crippen LogP contribution >= 0.6 is 0 Å². The number of aromatic nitrogens is 2. The van der Waals surface area contributed by atoms with E-state index in [1.165, 1.54) is 32.1 Å². The third-order valence-corrected chi connectivity index (χ3v) is 3.31. The van der Waals surface area contributed by atoms with Crippen molar-refractivity contribution < 1.29 is 0 Å². The van der Waals surface area contributed by atoms with Crippen molar-refractivity contribution in [3.05, 3.63) is 17.6 Å². The Hall–Kier alpha value is -1.63. The lowest BCUT2D eigenvalue weighted by atomic mass is 9.89. The predicted molar refractivity (Wildman–Crippen MR) is 66.5 cm³/mol. The smallest absolute Gasteiger partial charge is 0.147 e. The van der Waals surface area contributed by atoms with Gasteiger partial charge < -0.3 is 5.32 Å². The van der Waals surface area contributed by atoms with Gasteiger partial charge in [0.2, 0.25) is 0 Å². The molecule has 1 saturated carbocycles. The van der Waals surface area contributed by atoms with Gasteiger partial charge in [0.1, 0.15) is 23.3 Å². The summed E-state index contributed by atoms with van der Waals surface area (Å²) in [7, 11) is 0. The summed E-state index contributed by atoms with van der Waals surface area (Å²) in [5.41, 5.74) is 0.534. The van der Waals surface area contributed by atoms with E-state index in [9.17, 15) is 0 Å². The van der Waals surface area contributed by atoms with Crippen LogP contribution in [0.4, 0.5) is 5.82 Å². The first-order valence-corrected chi connectivity index (χ1v) is 6.27. The lowest BCUT2D eigenvalue weighted by Gasteiger charge is -2.22. The van der Waals surface area contributed by atoms with E-state index in [4.69, 9.17) is 5.26 Å². The maximum Gasteiger partial charge on any atom is 0.147 e. The van der Waals surface area contributed by atoms with Gasteiger partial charge in [0.25, 0.3) is 0 Å². The van der Waals surface area contributed by atoms with Crippen molar-refractivity contribution in [3.63, 3.8) is 0 Å². The Morgan fingerprint density at radius 2 is 2.18 bits per heavy atom. The Morgan fingerprint density at radius 3 is 2.88 bits per heavy atom. The van der Waals surface area contributed by atoms with Gasteiger partial charge in [-0.3, -0.25) is 0 Å². The minimum Gasteiger partial charge on any atom is -0.369 e. The molecule has 1 aliphatic carbocycles. The quantitative estimate of drug-likeness (QED) is 0.867. The highest BCUT2D eigenvalue weighted by molar-refractivity contribution is 5.50. The molecule has 17 heavy (non-hydrogen) atoms. The molecule has 0 amide bonds. The van der Waals surface area contributed by atoms with Gasteiger partial charge in [-0.15, -0.1) is 0 Å². The predicted octanol–water partition coefficient (Wildman–Crippen LogP) is 2.65. The SMILES string of the molecule is Cc1ncc(C#N)c(NCC2CCCCC2)n1. The zero-order valence-electron chi connectivity index (χ0n) is 10.2. The molecule has 1 aromatic heterocycles. The fourth-order valence-corrected chi connectivity index (χ4v) is 2.32. The van der Waals surface area contributed by atoms with Gasteiger partial charge >= 0.3 is 0 Å². The van der Waals surface area contributed by atoms with Gasteiger partial charge in [-0.1, -0.05) is 19.3 Å². The standard InChI is InChI=1S/C13H18N4/c1-10-15-9-12(7-14)13(17-10)16-8-11-5-3-2-4-6-11/h9,11H,2-6,8H2,1H3,(H,15,16,17). The monoisotopic (exact) mass is 230 g/mol. The lowest BCUT2D eigenvalue weighted by Crippen LogP contribution is -2.18. The molecule has 0 aromatic carbocycles. The third-order valence-electron chi connectivity index (χ3n) is 3.31. The summed E-state index contributed by atoms with van der Waals surface area (Å²) in [5, 5.41) is 12.3. The summed E-state index contributed by atoms with van der Waals surface area (Å²) in [6, 6.07) is 2.12. The maximum atomic E-state index is 8.98. The van der Waals surface area contributed by atoms with E-state index < -0.39 is 0 Å². The maximum absolute atomic E-state index is 8.98. The number of anilines is 1. The van der Waals surface area contributed by atoms with Crippen molar-refractivity contribution in [1.29, 1.82) is 5.26 Å². The second-order valence-corrected chi connectivity index (χ2v) is 4.68. The Morgan fingerprint density at radius 1 is 1.41 bits per heavy atom. The van der Waals surface area contributed by atoms with E-state index in [0.717, 1.165) is 12.5 Å². The van der Waals surface area contributed by atoms with E-state index >= 15 is 0 Å². The molecule has 0 unspecified atom stereocenters. The summed E-state index contributed by atoms with van der Waals surface area (Å²) in [6.07, 6.45) is 8.20. The van der Waals surface area contributed by atoms with E-state index in [-0.39, 0.29) is 0 Å². The fourth-order valence-electron chi connectivity index (χ4n) is 2.32. The van der Waals surface area contributed by atoms with Gasteiger partial charge in [0, 0.05) is 6.54 Å². The Labute approximate surface area is 102 Å². The Bertz CT molecular complexity index is 416. The average Bonchev–Trinajstić information content (AvgIpc) is 2.38. The molecule has 0 radical (unpaired) electrons. The van der Waals surface area contributed by atoms with Crippen molar-refractivity contribution >= 4 is 5.82 Å². The van der Waals surface area contributed by atoms with E-state index in [2.05, 4.69) is 21.4 Å². The van der Waals surface area contributed by atoms with Crippen LogP contribution in [0.2, 0.25) is 0 Å². The van der Waals surface area contributed by atoms with Crippen molar-refractivity contribution in [2.45, 2.75) is 39.0 Å². The summed E-state index contributed by atoms with van der Waals surface area (Å²) in [5.74, 6) is 2.12. The van der Waals surface area contributed by atoms with Crippen LogP contribution in [0.25, 0.3) is 0 Å². The summed E-state index contributed by atoms with van der Waals surface area (Å²) in [4.78, 5) is 8.32. The fraction of sp³-hybridized carbons (Fsp3) is 0.615. The molecule has 0 bridgehead atoms. The van der Waals surface area contributed by atoms with E-state index in [0.29, 0.717) is 17.2 Å². The molecule has 1 aromatic rings. The minimum absolute atomic E-state index is 0.534. The lowest BCUT2D eigenvalue weighted by molar-refractivity contribution is 0.373. The van der Waals surface area contributed by atoms with Crippen molar-refractivity contribution in [3.8, 4) is 6.07 Å².